The largest absolute Gasteiger partial charge is 0.370 e. The van der Waals surface area contributed by atoms with Gasteiger partial charge in [0.05, 0.1) is 22.0 Å². The van der Waals surface area contributed by atoms with Gasteiger partial charge in [0.2, 0.25) is 0 Å². The van der Waals surface area contributed by atoms with Crippen molar-refractivity contribution in [1.29, 1.82) is 5.26 Å². The maximum absolute atomic E-state index is 9.32. The van der Waals surface area contributed by atoms with Gasteiger partial charge < -0.3 is 4.90 Å². The molecule has 2 aliphatic rings. The van der Waals surface area contributed by atoms with Crippen LogP contribution in [0.3, 0.4) is 0 Å². The number of anilines is 1. The Hall–Kier alpha value is -1.93. The van der Waals surface area contributed by atoms with Gasteiger partial charge in [-0.2, -0.15) is 5.26 Å². The molecule has 1 aliphatic carbocycles. The Morgan fingerprint density at radius 3 is 3.04 bits per heavy atom. The van der Waals surface area contributed by atoms with Crippen molar-refractivity contribution in [3.05, 3.63) is 39.6 Å². The van der Waals surface area contributed by atoms with Crippen LogP contribution < -0.4 is 4.90 Å². The van der Waals surface area contributed by atoms with Crippen LogP contribution in [-0.4, -0.2) is 23.1 Å². The molecule has 0 saturated carbocycles. The Morgan fingerprint density at radius 2 is 2.17 bits per heavy atom. The van der Waals surface area contributed by atoms with Gasteiger partial charge in [0.15, 0.2) is 0 Å². The number of aromatic nitrogens is 2. The van der Waals surface area contributed by atoms with Gasteiger partial charge in [0.25, 0.3) is 0 Å². The van der Waals surface area contributed by atoms with Gasteiger partial charge in [-0.15, -0.1) is 11.3 Å². The molecule has 118 valence electrons. The van der Waals surface area contributed by atoms with E-state index < -0.39 is 0 Å². The van der Waals surface area contributed by atoms with E-state index in [1.54, 1.807) is 12.4 Å². The van der Waals surface area contributed by atoms with E-state index in [0.717, 1.165) is 31.6 Å². The van der Waals surface area contributed by atoms with Crippen LogP contribution >= 0.6 is 11.3 Å². The molecule has 0 N–H and O–H groups in total. The number of nitriles is 1. The van der Waals surface area contributed by atoms with Crippen molar-refractivity contribution in [2.45, 2.75) is 44.4 Å². The predicted molar refractivity (Wildman–Crippen MR) is 91.9 cm³/mol. The second kappa shape index (κ2) is 6.29. The topological polar surface area (TPSA) is 52.8 Å². The maximum atomic E-state index is 9.32. The molecule has 0 spiro atoms. The fourth-order valence-corrected chi connectivity index (χ4v) is 4.97. The van der Waals surface area contributed by atoms with Gasteiger partial charge >= 0.3 is 0 Å². The van der Waals surface area contributed by atoms with Gasteiger partial charge in [-0.3, -0.25) is 4.98 Å². The highest BCUT2D eigenvalue weighted by Crippen LogP contribution is 2.36. The summed E-state index contributed by atoms with van der Waals surface area (Å²) in [5.74, 6) is 0.499. The summed E-state index contributed by atoms with van der Waals surface area (Å²) in [5.41, 5.74) is 3.05. The lowest BCUT2D eigenvalue weighted by Gasteiger charge is -2.33. The molecule has 1 unspecified atom stereocenters. The Balaban J connectivity index is 1.57. The summed E-state index contributed by atoms with van der Waals surface area (Å²) in [6.07, 6.45) is 10.8. The second-order valence-corrected chi connectivity index (χ2v) is 7.53. The average molecular weight is 324 g/mol. The molecule has 1 fully saturated rings. The minimum atomic E-state index is 0.499. The van der Waals surface area contributed by atoms with E-state index in [0.29, 0.717) is 11.5 Å². The first kappa shape index (κ1) is 14.6. The minimum Gasteiger partial charge on any atom is -0.370 e. The van der Waals surface area contributed by atoms with Crippen LogP contribution in [-0.2, 0) is 12.8 Å². The minimum absolute atomic E-state index is 0.499. The lowest BCUT2D eigenvalue weighted by atomic mass is 9.97. The molecule has 23 heavy (non-hydrogen) atoms. The van der Waals surface area contributed by atoms with Crippen LogP contribution in [0.5, 0.6) is 0 Å². The molecule has 2 aromatic rings. The lowest BCUT2D eigenvalue weighted by Crippen LogP contribution is -2.34. The number of fused-ring (bicyclic) bond motifs is 1. The van der Waals surface area contributed by atoms with E-state index in [4.69, 9.17) is 4.98 Å². The monoisotopic (exact) mass is 324 g/mol. The van der Waals surface area contributed by atoms with Crippen molar-refractivity contribution in [2.24, 2.45) is 0 Å². The molecule has 0 bridgehead atoms. The molecule has 0 amide bonds. The zero-order valence-corrected chi connectivity index (χ0v) is 14.0. The molecular weight excluding hydrogens is 304 g/mol. The number of hydrogen-bond acceptors (Lipinski definition) is 5. The smallest absolute Gasteiger partial charge is 0.103 e. The summed E-state index contributed by atoms with van der Waals surface area (Å²) in [7, 11) is 0. The van der Waals surface area contributed by atoms with Crippen molar-refractivity contribution in [3.8, 4) is 6.07 Å². The fourth-order valence-electron chi connectivity index (χ4n) is 3.69. The standard InChI is InChI=1S/C18H20N4S/c19-10-14-11-20-8-7-16(14)22-9-3-4-13(12-22)18-21-15-5-1-2-6-17(15)23-18/h7-8,11,13H,1-6,9,12H2. The number of pyridine rings is 1. The SMILES string of the molecule is N#Cc1cnccc1N1CCCC(c2nc3c(s2)CCCC3)C1. The molecule has 0 radical (unpaired) electrons. The van der Waals surface area contributed by atoms with E-state index in [1.807, 2.05) is 17.4 Å². The highest BCUT2D eigenvalue weighted by molar-refractivity contribution is 7.11. The summed E-state index contributed by atoms with van der Waals surface area (Å²) in [6, 6.07) is 4.24. The van der Waals surface area contributed by atoms with Crippen LogP contribution in [0.4, 0.5) is 5.69 Å². The number of nitrogens with zero attached hydrogens (tertiary/aromatic N) is 4. The quantitative estimate of drug-likeness (QED) is 0.846. The van der Waals surface area contributed by atoms with Gasteiger partial charge in [-0.05, 0) is 44.6 Å². The third-order valence-corrected chi connectivity index (χ3v) is 6.21. The first-order valence-electron chi connectivity index (χ1n) is 8.42. The Morgan fingerprint density at radius 1 is 1.26 bits per heavy atom. The average Bonchev–Trinajstić information content (AvgIpc) is 3.06. The highest BCUT2D eigenvalue weighted by Gasteiger charge is 2.27. The van der Waals surface area contributed by atoms with Crippen LogP contribution in [0.15, 0.2) is 18.5 Å². The van der Waals surface area contributed by atoms with Gasteiger partial charge in [-0.1, -0.05) is 0 Å². The van der Waals surface area contributed by atoms with Gasteiger partial charge in [0.1, 0.15) is 6.07 Å². The lowest BCUT2D eigenvalue weighted by molar-refractivity contribution is 0.507. The van der Waals surface area contributed by atoms with Gasteiger partial charge in [0, 0.05) is 36.3 Å². The summed E-state index contributed by atoms with van der Waals surface area (Å²) < 4.78 is 0. The Labute approximate surface area is 140 Å². The van der Waals surface area contributed by atoms with E-state index in [2.05, 4.69) is 16.0 Å². The van der Waals surface area contributed by atoms with E-state index in [9.17, 15) is 5.26 Å². The molecule has 4 nitrogen and oxygen atoms in total. The highest BCUT2D eigenvalue weighted by atomic mass is 32.1. The van der Waals surface area contributed by atoms with E-state index in [-0.39, 0.29) is 0 Å². The Kier molecular flexibility index (Phi) is 4.00. The molecule has 2 aromatic heterocycles. The molecule has 1 saturated heterocycles. The van der Waals surface area contributed by atoms with Crippen LogP contribution in [0.1, 0.15) is 52.7 Å². The normalized spacial score (nSPS) is 20.8. The summed E-state index contributed by atoms with van der Waals surface area (Å²) in [5, 5.41) is 10.6. The molecule has 3 heterocycles. The molecule has 1 atom stereocenters. The predicted octanol–water partition coefficient (Wildman–Crippen LogP) is 3.67. The molecular formula is C18H20N4S. The third-order valence-electron chi connectivity index (χ3n) is 4.89. The fraction of sp³-hybridized carbons (Fsp3) is 0.500. The summed E-state index contributed by atoms with van der Waals surface area (Å²) in [6.45, 7) is 1.98. The number of hydrogen-bond donors (Lipinski definition) is 0. The first-order chi connectivity index (χ1) is 11.3. The maximum Gasteiger partial charge on any atom is 0.103 e. The zero-order valence-electron chi connectivity index (χ0n) is 13.2. The zero-order chi connectivity index (χ0) is 15.6. The second-order valence-electron chi connectivity index (χ2n) is 6.42. The van der Waals surface area contributed by atoms with Crippen LogP contribution in [0, 0.1) is 11.3 Å². The van der Waals surface area contributed by atoms with Crippen LogP contribution in [0.25, 0.3) is 0 Å². The third kappa shape index (κ3) is 2.84. The Bertz CT molecular complexity index is 722. The number of piperidine rings is 1. The molecule has 1 aliphatic heterocycles. The first-order valence-corrected chi connectivity index (χ1v) is 9.24. The van der Waals surface area contributed by atoms with Crippen molar-refractivity contribution < 1.29 is 0 Å². The van der Waals surface area contributed by atoms with Crippen molar-refractivity contribution in [3.63, 3.8) is 0 Å². The van der Waals surface area contributed by atoms with Crippen LogP contribution in [0.2, 0.25) is 0 Å². The molecule has 0 aromatic carbocycles. The van der Waals surface area contributed by atoms with Crippen molar-refractivity contribution in [1.82, 2.24) is 9.97 Å². The van der Waals surface area contributed by atoms with Gasteiger partial charge in [-0.25, -0.2) is 4.98 Å². The molecule has 5 heteroatoms. The van der Waals surface area contributed by atoms with E-state index >= 15 is 0 Å². The number of aryl methyl sites for hydroxylation is 2. The van der Waals surface area contributed by atoms with Crippen molar-refractivity contribution in [2.75, 3.05) is 18.0 Å². The molecule has 4 rings (SSSR count). The summed E-state index contributed by atoms with van der Waals surface area (Å²) in [4.78, 5) is 12.9. The van der Waals surface area contributed by atoms with Crippen molar-refractivity contribution >= 4 is 17.0 Å². The van der Waals surface area contributed by atoms with E-state index in [1.165, 1.54) is 41.3 Å². The number of thiazole rings is 1. The number of rotatable bonds is 2. The summed E-state index contributed by atoms with van der Waals surface area (Å²) >= 11 is 1.93.